The first-order valence-corrected chi connectivity index (χ1v) is 8.53. The first-order chi connectivity index (χ1) is 10.8. The molecular formula is C15H18N4OS2. The van der Waals surface area contributed by atoms with Crippen LogP contribution in [-0.2, 0) is 0 Å². The lowest BCUT2D eigenvalue weighted by atomic mass is 10.3. The maximum atomic E-state index is 5.64. The number of rotatable bonds is 4. The highest BCUT2D eigenvalue weighted by Crippen LogP contribution is 2.33. The first-order valence-electron chi connectivity index (χ1n) is 6.83. The average molecular weight is 334 g/mol. The van der Waals surface area contributed by atoms with Crippen LogP contribution < -0.4 is 15.8 Å². The van der Waals surface area contributed by atoms with Gasteiger partial charge >= 0.3 is 0 Å². The number of ether oxygens (including phenoxy) is 1. The van der Waals surface area contributed by atoms with Crippen LogP contribution in [0.4, 0.5) is 16.0 Å². The van der Waals surface area contributed by atoms with E-state index in [2.05, 4.69) is 15.3 Å². The molecule has 0 saturated heterocycles. The average Bonchev–Trinajstić information content (AvgIpc) is 3.19. The van der Waals surface area contributed by atoms with Crippen LogP contribution in [0.15, 0.2) is 35.8 Å². The Balaban J connectivity index is 0.000000847. The number of thiazole rings is 2. The molecule has 0 aliphatic heterocycles. The van der Waals surface area contributed by atoms with Crippen molar-refractivity contribution in [2.24, 2.45) is 0 Å². The quantitative estimate of drug-likeness (QED) is 0.728. The molecule has 0 amide bonds. The zero-order valence-electron chi connectivity index (χ0n) is 12.7. The van der Waals surface area contributed by atoms with Crippen LogP contribution in [0, 0.1) is 0 Å². The zero-order valence-corrected chi connectivity index (χ0v) is 14.3. The van der Waals surface area contributed by atoms with E-state index < -0.39 is 0 Å². The Morgan fingerprint density at radius 3 is 2.68 bits per heavy atom. The van der Waals surface area contributed by atoms with Crippen molar-refractivity contribution in [3.8, 4) is 16.3 Å². The van der Waals surface area contributed by atoms with Crippen LogP contribution in [0.25, 0.3) is 10.6 Å². The van der Waals surface area contributed by atoms with Crippen molar-refractivity contribution in [3.05, 3.63) is 35.8 Å². The van der Waals surface area contributed by atoms with Gasteiger partial charge in [0.2, 0.25) is 0 Å². The molecule has 0 aliphatic carbocycles. The fourth-order valence-electron chi connectivity index (χ4n) is 1.71. The summed E-state index contributed by atoms with van der Waals surface area (Å²) in [7, 11) is 1.65. The van der Waals surface area contributed by atoms with Gasteiger partial charge in [0.05, 0.1) is 23.4 Å². The third-order valence-electron chi connectivity index (χ3n) is 2.63. The number of aromatic nitrogens is 2. The largest absolute Gasteiger partial charge is 0.495 e. The fourth-order valence-corrected chi connectivity index (χ4v) is 3.16. The molecule has 0 bridgehead atoms. The van der Waals surface area contributed by atoms with E-state index in [1.807, 2.05) is 43.5 Å². The Hall–Kier alpha value is -2.12. The molecule has 1 aromatic carbocycles. The van der Waals surface area contributed by atoms with Gasteiger partial charge in [0.25, 0.3) is 0 Å². The number of nitrogen functional groups attached to an aromatic ring is 1. The van der Waals surface area contributed by atoms with Crippen molar-refractivity contribution in [1.29, 1.82) is 0 Å². The lowest BCUT2D eigenvalue weighted by molar-refractivity contribution is 0.417. The summed E-state index contributed by atoms with van der Waals surface area (Å²) in [6.07, 6.45) is 1.74. The predicted molar refractivity (Wildman–Crippen MR) is 95.3 cm³/mol. The highest BCUT2D eigenvalue weighted by Gasteiger charge is 2.09. The smallest absolute Gasteiger partial charge is 0.187 e. The van der Waals surface area contributed by atoms with Gasteiger partial charge in [-0.3, -0.25) is 0 Å². The molecule has 0 atom stereocenters. The maximum absolute atomic E-state index is 5.64. The van der Waals surface area contributed by atoms with E-state index in [-0.39, 0.29) is 0 Å². The van der Waals surface area contributed by atoms with E-state index in [0.717, 1.165) is 27.1 Å². The van der Waals surface area contributed by atoms with E-state index in [9.17, 15) is 0 Å². The van der Waals surface area contributed by atoms with Crippen LogP contribution in [-0.4, -0.2) is 17.1 Å². The maximum Gasteiger partial charge on any atom is 0.187 e. The molecule has 0 fully saturated rings. The topological polar surface area (TPSA) is 73.1 Å². The summed E-state index contributed by atoms with van der Waals surface area (Å²) < 4.78 is 5.30. The van der Waals surface area contributed by atoms with Gasteiger partial charge in [-0.1, -0.05) is 37.3 Å². The number of nitrogens with one attached hydrogen (secondary N) is 1. The summed E-state index contributed by atoms with van der Waals surface area (Å²) in [4.78, 5) is 9.53. The molecule has 0 aliphatic rings. The summed E-state index contributed by atoms with van der Waals surface area (Å²) in [5.41, 5.74) is 7.40. The minimum Gasteiger partial charge on any atom is -0.495 e. The molecule has 3 aromatic rings. The Morgan fingerprint density at radius 2 is 2.00 bits per heavy atom. The first kappa shape index (κ1) is 16.3. The summed E-state index contributed by atoms with van der Waals surface area (Å²) in [5, 5.41) is 6.58. The molecule has 0 unspecified atom stereocenters. The molecule has 2 heterocycles. The molecular weight excluding hydrogens is 316 g/mol. The SMILES string of the molecule is CC.COc1ccccc1Nc1nc(-c2cnc(N)s2)cs1. The van der Waals surface area contributed by atoms with E-state index in [1.165, 1.54) is 22.7 Å². The van der Waals surface area contributed by atoms with Crippen LogP contribution in [0.5, 0.6) is 5.75 Å². The van der Waals surface area contributed by atoms with Crippen LogP contribution in [0.2, 0.25) is 0 Å². The highest BCUT2D eigenvalue weighted by atomic mass is 32.1. The van der Waals surface area contributed by atoms with Gasteiger partial charge in [-0.05, 0) is 12.1 Å². The molecule has 5 nitrogen and oxygen atoms in total. The molecule has 0 saturated carbocycles. The van der Waals surface area contributed by atoms with Crippen molar-refractivity contribution in [2.75, 3.05) is 18.2 Å². The normalized spacial score (nSPS) is 9.77. The molecule has 7 heteroatoms. The van der Waals surface area contributed by atoms with E-state index >= 15 is 0 Å². The second kappa shape index (κ2) is 7.77. The number of nitrogens with zero attached hydrogens (tertiary/aromatic N) is 2. The van der Waals surface area contributed by atoms with Crippen molar-refractivity contribution in [3.63, 3.8) is 0 Å². The van der Waals surface area contributed by atoms with E-state index in [4.69, 9.17) is 10.5 Å². The van der Waals surface area contributed by atoms with Crippen molar-refractivity contribution in [2.45, 2.75) is 13.8 Å². The minimum absolute atomic E-state index is 0.548. The van der Waals surface area contributed by atoms with Gasteiger partial charge < -0.3 is 15.8 Å². The molecule has 3 N–H and O–H groups in total. The monoisotopic (exact) mass is 334 g/mol. The van der Waals surface area contributed by atoms with Crippen molar-refractivity contribution >= 4 is 38.6 Å². The molecule has 116 valence electrons. The number of hydrogen-bond acceptors (Lipinski definition) is 7. The molecule has 0 spiro atoms. The molecule has 22 heavy (non-hydrogen) atoms. The number of benzene rings is 1. The second-order valence-electron chi connectivity index (χ2n) is 3.93. The van der Waals surface area contributed by atoms with Gasteiger partial charge in [0.1, 0.15) is 5.75 Å². The van der Waals surface area contributed by atoms with Gasteiger partial charge in [0.15, 0.2) is 10.3 Å². The van der Waals surface area contributed by atoms with Crippen LogP contribution in [0.3, 0.4) is 0 Å². The molecule has 3 rings (SSSR count). The molecule has 2 aromatic heterocycles. The number of anilines is 3. The number of para-hydroxylation sites is 2. The second-order valence-corrected chi connectivity index (χ2v) is 5.85. The van der Waals surface area contributed by atoms with Crippen molar-refractivity contribution in [1.82, 2.24) is 9.97 Å². The molecule has 0 radical (unpaired) electrons. The fraction of sp³-hybridized carbons (Fsp3) is 0.200. The summed E-state index contributed by atoms with van der Waals surface area (Å²) >= 11 is 2.95. The van der Waals surface area contributed by atoms with Gasteiger partial charge in [-0.25, -0.2) is 9.97 Å². The number of hydrogen-bond donors (Lipinski definition) is 2. The third-order valence-corrected chi connectivity index (χ3v) is 4.24. The van der Waals surface area contributed by atoms with Gasteiger partial charge in [-0.2, -0.15) is 0 Å². The Kier molecular flexibility index (Phi) is 5.74. The summed E-state index contributed by atoms with van der Waals surface area (Å²) in [5.74, 6) is 0.784. The Morgan fingerprint density at radius 1 is 1.23 bits per heavy atom. The summed E-state index contributed by atoms with van der Waals surface area (Å²) in [6.45, 7) is 4.00. The zero-order chi connectivity index (χ0) is 15.9. The van der Waals surface area contributed by atoms with Crippen LogP contribution >= 0.6 is 22.7 Å². The lowest BCUT2D eigenvalue weighted by Gasteiger charge is -2.07. The van der Waals surface area contributed by atoms with Crippen LogP contribution in [0.1, 0.15) is 13.8 Å². The minimum atomic E-state index is 0.548. The summed E-state index contributed by atoms with van der Waals surface area (Å²) in [6, 6.07) is 7.73. The van der Waals surface area contributed by atoms with E-state index in [0.29, 0.717) is 5.13 Å². The number of nitrogens with two attached hydrogens (primary N) is 1. The van der Waals surface area contributed by atoms with Gasteiger partial charge in [-0.15, -0.1) is 11.3 Å². The van der Waals surface area contributed by atoms with Gasteiger partial charge in [0, 0.05) is 11.6 Å². The lowest BCUT2D eigenvalue weighted by Crippen LogP contribution is -1.93. The Labute approximate surface area is 137 Å². The predicted octanol–water partition coefficient (Wildman–Crippen LogP) is 4.63. The van der Waals surface area contributed by atoms with Crippen molar-refractivity contribution < 1.29 is 4.74 Å². The standard InChI is InChI=1S/C13H12N4OS2.C2H6/c1-18-10-5-3-2-4-8(10)16-13-17-9(7-19-13)11-6-15-12(14)20-11;1-2/h2-7H,1H3,(H2,14,15)(H,16,17);1-2H3. The highest BCUT2D eigenvalue weighted by molar-refractivity contribution is 7.19. The number of methoxy groups -OCH3 is 1. The Bertz CT molecular complexity index is 724. The third kappa shape index (κ3) is 3.75. The van der Waals surface area contributed by atoms with E-state index in [1.54, 1.807) is 13.3 Å².